The molecule has 4 heteroatoms. The largest absolute Gasteiger partial charge is 0.441 e. The first kappa shape index (κ1) is 11.4. The molecule has 0 amide bonds. The first-order chi connectivity index (χ1) is 7.85. The number of H-pyrrole nitrogens is 1. The van der Waals surface area contributed by atoms with E-state index >= 15 is 0 Å². The van der Waals surface area contributed by atoms with Gasteiger partial charge in [-0.25, -0.2) is 0 Å². The number of benzene rings is 1. The van der Waals surface area contributed by atoms with Gasteiger partial charge in [-0.15, -0.1) is 0 Å². The molecule has 0 aliphatic carbocycles. The molecule has 0 atom stereocenters. The van der Waals surface area contributed by atoms with Gasteiger partial charge in [0.1, 0.15) is 0 Å². The lowest BCUT2D eigenvalue weighted by Crippen LogP contribution is -2.37. The van der Waals surface area contributed by atoms with E-state index < -0.39 is 9.28 Å². The van der Waals surface area contributed by atoms with Gasteiger partial charge in [-0.3, -0.25) is 0 Å². The van der Waals surface area contributed by atoms with Crippen molar-refractivity contribution in [3.63, 3.8) is 0 Å². The molecule has 0 bridgehead atoms. The van der Waals surface area contributed by atoms with Crippen LogP contribution in [0.1, 0.15) is 13.8 Å². The maximum absolute atomic E-state index is 5.65. The summed E-state index contributed by atoms with van der Waals surface area (Å²) < 4.78 is 11.3. The van der Waals surface area contributed by atoms with Gasteiger partial charge in [-0.1, -0.05) is 18.2 Å². The second-order valence-corrected chi connectivity index (χ2v) is 5.11. The van der Waals surface area contributed by atoms with E-state index in [0.717, 1.165) is 10.8 Å². The van der Waals surface area contributed by atoms with Gasteiger partial charge in [0.2, 0.25) is 0 Å². The number of fused-ring (bicyclic) bond motifs is 1. The van der Waals surface area contributed by atoms with Crippen LogP contribution in [-0.4, -0.2) is 27.5 Å². The molecule has 1 heterocycles. The Bertz CT molecular complexity index is 416. The molecule has 0 unspecified atom stereocenters. The summed E-state index contributed by atoms with van der Waals surface area (Å²) in [5, 5.41) is 2.29. The Labute approximate surface area is 97.2 Å². The highest BCUT2D eigenvalue weighted by Crippen LogP contribution is 2.10. The number of nitrogens with one attached hydrogen (secondary N) is 1. The lowest BCUT2D eigenvalue weighted by molar-refractivity contribution is 0.225. The lowest BCUT2D eigenvalue weighted by atomic mass is 10.3. The molecule has 2 rings (SSSR count). The van der Waals surface area contributed by atoms with Crippen molar-refractivity contribution in [3.8, 4) is 0 Å². The van der Waals surface area contributed by atoms with Crippen LogP contribution in [0.25, 0.3) is 10.9 Å². The molecule has 0 spiro atoms. The number of hydrogen-bond donors (Lipinski definition) is 1. The fourth-order valence-electron chi connectivity index (χ4n) is 1.64. The third-order valence-corrected chi connectivity index (χ3v) is 4.11. The SMILES string of the molecule is CCO[Si](OCC)c1cc2ccccc2[nH]1. The Morgan fingerprint density at radius 2 is 1.81 bits per heavy atom. The van der Waals surface area contributed by atoms with E-state index in [9.17, 15) is 0 Å². The normalized spacial score (nSPS) is 11.4. The molecule has 0 saturated carbocycles. The van der Waals surface area contributed by atoms with Crippen molar-refractivity contribution < 1.29 is 8.85 Å². The van der Waals surface area contributed by atoms with Crippen LogP contribution in [0.15, 0.2) is 30.3 Å². The molecular formula is C12H16NO2Si. The monoisotopic (exact) mass is 234 g/mol. The first-order valence-electron chi connectivity index (χ1n) is 5.55. The smallest absolute Gasteiger partial charge is 0.389 e. The van der Waals surface area contributed by atoms with E-state index in [1.807, 2.05) is 26.0 Å². The summed E-state index contributed by atoms with van der Waals surface area (Å²) in [6.07, 6.45) is 0. The third kappa shape index (κ3) is 2.35. The number of para-hydroxylation sites is 1. The van der Waals surface area contributed by atoms with Crippen molar-refractivity contribution in [2.24, 2.45) is 0 Å². The molecule has 16 heavy (non-hydrogen) atoms. The highest BCUT2D eigenvalue weighted by Gasteiger charge is 2.20. The zero-order chi connectivity index (χ0) is 11.4. The van der Waals surface area contributed by atoms with Crippen molar-refractivity contribution in [3.05, 3.63) is 30.3 Å². The van der Waals surface area contributed by atoms with Crippen molar-refractivity contribution in [1.29, 1.82) is 0 Å². The Kier molecular flexibility index (Phi) is 3.77. The van der Waals surface area contributed by atoms with E-state index in [1.165, 1.54) is 5.39 Å². The fourth-order valence-corrected chi connectivity index (χ4v) is 3.07. The molecule has 1 radical (unpaired) electrons. The Balaban J connectivity index is 2.29. The maximum Gasteiger partial charge on any atom is 0.441 e. The summed E-state index contributed by atoms with van der Waals surface area (Å²) in [5.41, 5.74) is 1.14. The van der Waals surface area contributed by atoms with Gasteiger partial charge in [-0.05, 0) is 31.4 Å². The van der Waals surface area contributed by atoms with Crippen LogP contribution < -0.4 is 5.32 Å². The van der Waals surface area contributed by atoms with Gasteiger partial charge in [0, 0.05) is 18.7 Å². The summed E-state index contributed by atoms with van der Waals surface area (Å²) in [6.45, 7) is 5.35. The molecule has 0 aliphatic heterocycles. The highest BCUT2D eigenvalue weighted by atomic mass is 28.3. The molecule has 0 fully saturated rings. The minimum Gasteiger partial charge on any atom is -0.389 e. The lowest BCUT2D eigenvalue weighted by Gasteiger charge is -2.10. The van der Waals surface area contributed by atoms with Crippen molar-refractivity contribution >= 4 is 25.5 Å². The molecule has 85 valence electrons. The van der Waals surface area contributed by atoms with Crippen molar-refractivity contribution in [2.75, 3.05) is 13.2 Å². The summed E-state index contributed by atoms with van der Waals surface area (Å²) in [5.74, 6) is 0. The van der Waals surface area contributed by atoms with E-state index in [1.54, 1.807) is 0 Å². The van der Waals surface area contributed by atoms with Gasteiger partial charge in [-0.2, -0.15) is 0 Å². The number of aromatic nitrogens is 1. The molecule has 0 saturated heterocycles. The molecule has 0 aliphatic rings. The molecular weight excluding hydrogens is 218 g/mol. The Morgan fingerprint density at radius 1 is 1.12 bits per heavy atom. The van der Waals surface area contributed by atoms with E-state index in [4.69, 9.17) is 8.85 Å². The summed E-state index contributed by atoms with van der Waals surface area (Å²) >= 11 is 0. The van der Waals surface area contributed by atoms with Crippen LogP contribution in [0.3, 0.4) is 0 Å². The standard InChI is InChI=1S/C12H16NO2Si/c1-3-14-16(15-4-2)12-9-10-7-5-6-8-11(10)13-12/h5-9,13H,3-4H2,1-2H3. The maximum atomic E-state index is 5.65. The Morgan fingerprint density at radius 3 is 2.44 bits per heavy atom. The van der Waals surface area contributed by atoms with Gasteiger partial charge in [0.15, 0.2) is 0 Å². The van der Waals surface area contributed by atoms with Crippen LogP contribution in [-0.2, 0) is 8.85 Å². The summed E-state index contributed by atoms with van der Waals surface area (Å²) in [7, 11) is -1.34. The van der Waals surface area contributed by atoms with Crippen LogP contribution in [0.4, 0.5) is 0 Å². The van der Waals surface area contributed by atoms with E-state index in [2.05, 4.69) is 23.2 Å². The van der Waals surface area contributed by atoms with Gasteiger partial charge < -0.3 is 13.8 Å². The zero-order valence-electron chi connectivity index (χ0n) is 9.62. The minimum atomic E-state index is -1.34. The molecule has 1 aromatic carbocycles. The van der Waals surface area contributed by atoms with Gasteiger partial charge in [0.05, 0.1) is 5.32 Å². The van der Waals surface area contributed by atoms with Crippen LogP contribution in [0, 0.1) is 0 Å². The van der Waals surface area contributed by atoms with Crippen molar-refractivity contribution in [1.82, 2.24) is 4.98 Å². The topological polar surface area (TPSA) is 34.2 Å². The molecule has 2 aromatic rings. The second kappa shape index (κ2) is 5.29. The predicted molar refractivity (Wildman–Crippen MR) is 66.9 cm³/mol. The minimum absolute atomic E-state index is 0.684. The average molecular weight is 234 g/mol. The van der Waals surface area contributed by atoms with E-state index in [-0.39, 0.29) is 0 Å². The second-order valence-electron chi connectivity index (χ2n) is 3.42. The number of hydrogen-bond acceptors (Lipinski definition) is 2. The van der Waals surface area contributed by atoms with Gasteiger partial charge >= 0.3 is 9.28 Å². The Hall–Kier alpha value is -1.10. The van der Waals surface area contributed by atoms with Crippen molar-refractivity contribution in [2.45, 2.75) is 13.8 Å². The van der Waals surface area contributed by atoms with Crippen LogP contribution >= 0.6 is 0 Å². The fraction of sp³-hybridized carbons (Fsp3) is 0.333. The van der Waals surface area contributed by atoms with Crippen LogP contribution in [0.2, 0.25) is 0 Å². The third-order valence-electron chi connectivity index (χ3n) is 2.30. The predicted octanol–water partition coefficient (Wildman–Crippen LogP) is 1.94. The number of rotatable bonds is 5. The summed E-state index contributed by atoms with van der Waals surface area (Å²) in [6, 6.07) is 10.3. The van der Waals surface area contributed by atoms with Gasteiger partial charge in [0.25, 0.3) is 0 Å². The van der Waals surface area contributed by atoms with E-state index in [0.29, 0.717) is 13.2 Å². The van der Waals surface area contributed by atoms with Crippen LogP contribution in [0.5, 0.6) is 0 Å². The quantitative estimate of drug-likeness (QED) is 0.802. The average Bonchev–Trinajstić information content (AvgIpc) is 2.72. The zero-order valence-corrected chi connectivity index (χ0v) is 10.6. The number of aromatic amines is 1. The highest BCUT2D eigenvalue weighted by molar-refractivity contribution is 6.60. The first-order valence-corrected chi connectivity index (χ1v) is 6.87. The summed E-state index contributed by atoms with van der Waals surface area (Å²) in [4.78, 5) is 3.36. The molecule has 3 nitrogen and oxygen atoms in total. The molecule has 1 N–H and O–H groups in total. The molecule has 1 aromatic heterocycles.